The van der Waals surface area contributed by atoms with Crippen LogP contribution in [0.2, 0.25) is 0 Å². The topological polar surface area (TPSA) is 41.6 Å². The molecule has 2 atom stereocenters. The number of hydrogen-bond donors (Lipinski definition) is 1. The van der Waals surface area contributed by atoms with Gasteiger partial charge < -0.3 is 10.1 Å². The van der Waals surface area contributed by atoms with Crippen molar-refractivity contribution in [2.75, 3.05) is 32.8 Å². The van der Waals surface area contributed by atoms with Crippen LogP contribution in [0.25, 0.3) is 0 Å². The molecule has 0 radical (unpaired) electrons. The summed E-state index contributed by atoms with van der Waals surface area (Å²) < 4.78 is 5.71. The minimum absolute atomic E-state index is 0.228. The molecule has 2 rings (SSSR count). The van der Waals surface area contributed by atoms with Gasteiger partial charge in [-0.05, 0) is 25.3 Å². The van der Waals surface area contributed by atoms with Crippen molar-refractivity contribution in [3.05, 3.63) is 0 Å². The molecule has 0 bridgehead atoms. The van der Waals surface area contributed by atoms with Gasteiger partial charge in [-0.15, -0.1) is 0 Å². The fourth-order valence-electron chi connectivity index (χ4n) is 3.23. The lowest BCUT2D eigenvalue weighted by Gasteiger charge is -2.38. The number of carbonyl (C=O) groups excluding carboxylic acids is 1. The van der Waals surface area contributed by atoms with Gasteiger partial charge >= 0.3 is 0 Å². The SMILES string of the molecule is CC(C)COCCN1CCCC[C@H]1[C@H]1CNC(=O)C1. The molecule has 110 valence electrons. The Morgan fingerprint density at radius 2 is 2.26 bits per heavy atom. The second kappa shape index (κ2) is 7.25. The number of ether oxygens (including phenoxy) is 1. The van der Waals surface area contributed by atoms with E-state index in [0.29, 0.717) is 24.3 Å². The third kappa shape index (κ3) is 4.46. The summed E-state index contributed by atoms with van der Waals surface area (Å²) in [7, 11) is 0. The molecule has 2 fully saturated rings. The fraction of sp³-hybridized carbons (Fsp3) is 0.933. The number of nitrogens with zero attached hydrogens (tertiary/aromatic N) is 1. The fourth-order valence-corrected chi connectivity index (χ4v) is 3.23. The molecule has 2 saturated heterocycles. The normalized spacial score (nSPS) is 28.9. The average molecular weight is 268 g/mol. The summed E-state index contributed by atoms with van der Waals surface area (Å²) in [4.78, 5) is 13.9. The molecule has 4 nitrogen and oxygen atoms in total. The quantitative estimate of drug-likeness (QED) is 0.745. The Morgan fingerprint density at radius 1 is 1.42 bits per heavy atom. The number of hydrogen-bond acceptors (Lipinski definition) is 3. The van der Waals surface area contributed by atoms with Gasteiger partial charge in [0, 0.05) is 38.1 Å². The van der Waals surface area contributed by atoms with Crippen LogP contribution in [0.4, 0.5) is 0 Å². The number of nitrogens with one attached hydrogen (secondary N) is 1. The Labute approximate surface area is 116 Å². The Balaban J connectivity index is 1.77. The predicted molar refractivity (Wildman–Crippen MR) is 76.0 cm³/mol. The molecular weight excluding hydrogens is 240 g/mol. The third-order valence-corrected chi connectivity index (χ3v) is 4.19. The Kier molecular flexibility index (Phi) is 5.64. The lowest BCUT2D eigenvalue weighted by Crippen LogP contribution is -2.46. The second-order valence-electron chi connectivity index (χ2n) is 6.34. The highest BCUT2D eigenvalue weighted by atomic mass is 16.5. The van der Waals surface area contributed by atoms with Crippen LogP contribution in [0.15, 0.2) is 0 Å². The number of piperidine rings is 1. The smallest absolute Gasteiger partial charge is 0.220 e. The van der Waals surface area contributed by atoms with E-state index >= 15 is 0 Å². The molecule has 4 heteroatoms. The van der Waals surface area contributed by atoms with Crippen molar-refractivity contribution in [1.29, 1.82) is 0 Å². The Morgan fingerprint density at radius 3 is 2.95 bits per heavy atom. The summed E-state index contributed by atoms with van der Waals surface area (Å²) in [6.07, 6.45) is 4.55. The molecule has 0 aromatic rings. The van der Waals surface area contributed by atoms with Gasteiger partial charge in [-0.3, -0.25) is 9.69 Å². The van der Waals surface area contributed by atoms with E-state index in [1.54, 1.807) is 0 Å². The first-order valence-corrected chi connectivity index (χ1v) is 7.75. The second-order valence-corrected chi connectivity index (χ2v) is 6.34. The van der Waals surface area contributed by atoms with E-state index in [4.69, 9.17) is 4.74 Å². The Hall–Kier alpha value is -0.610. The van der Waals surface area contributed by atoms with E-state index in [1.807, 2.05) is 0 Å². The molecule has 0 spiro atoms. The van der Waals surface area contributed by atoms with E-state index in [0.717, 1.165) is 26.3 Å². The van der Waals surface area contributed by atoms with Crippen LogP contribution in [0, 0.1) is 11.8 Å². The maximum atomic E-state index is 11.4. The van der Waals surface area contributed by atoms with E-state index in [-0.39, 0.29) is 5.91 Å². The molecule has 1 amide bonds. The molecule has 0 aromatic heterocycles. The number of likely N-dealkylation sites (tertiary alicyclic amines) is 1. The van der Waals surface area contributed by atoms with Crippen LogP contribution in [0.1, 0.15) is 39.5 Å². The molecule has 0 aromatic carbocycles. The van der Waals surface area contributed by atoms with Crippen LogP contribution < -0.4 is 5.32 Å². The van der Waals surface area contributed by atoms with Crippen LogP contribution >= 0.6 is 0 Å². The summed E-state index contributed by atoms with van der Waals surface area (Å²) in [6, 6.07) is 0.579. The van der Waals surface area contributed by atoms with Gasteiger partial charge in [0.15, 0.2) is 0 Å². The van der Waals surface area contributed by atoms with Gasteiger partial charge in [-0.1, -0.05) is 20.3 Å². The lowest BCUT2D eigenvalue weighted by atomic mass is 9.89. The molecule has 1 N–H and O–H groups in total. The first-order valence-electron chi connectivity index (χ1n) is 7.75. The van der Waals surface area contributed by atoms with Crippen molar-refractivity contribution in [3.63, 3.8) is 0 Å². The average Bonchev–Trinajstić information content (AvgIpc) is 2.81. The zero-order valence-corrected chi connectivity index (χ0v) is 12.4. The van der Waals surface area contributed by atoms with Gasteiger partial charge in [0.25, 0.3) is 0 Å². The summed E-state index contributed by atoms with van der Waals surface area (Å²) >= 11 is 0. The minimum Gasteiger partial charge on any atom is -0.380 e. The maximum Gasteiger partial charge on any atom is 0.220 e. The van der Waals surface area contributed by atoms with Crippen molar-refractivity contribution >= 4 is 5.91 Å². The van der Waals surface area contributed by atoms with Crippen molar-refractivity contribution in [2.45, 2.75) is 45.6 Å². The van der Waals surface area contributed by atoms with Crippen LogP contribution in [0.3, 0.4) is 0 Å². The Bertz CT molecular complexity index is 294. The first kappa shape index (κ1) is 14.8. The number of amides is 1. The third-order valence-electron chi connectivity index (χ3n) is 4.19. The van der Waals surface area contributed by atoms with E-state index in [2.05, 4.69) is 24.1 Å². The zero-order valence-electron chi connectivity index (χ0n) is 12.4. The highest BCUT2D eigenvalue weighted by Crippen LogP contribution is 2.27. The van der Waals surface area contributed by atoms with E-state index in [1.165, 1.54) is 25.8 Å². The first-order chi connectivity index (χ1) is 9.16. The zero-order chi connectivity index (χ0) is 13.7. The molecule has 2 aliphatic rings. The molecule has 2 heterocycles. The molecular formula is C15H28N2O2. The standard InChI is InChI=1S/C15H28N2O2/c1-12(2)11-19-8-7-17-6-4-3-5-14(17)13-9-15(18)16-10-13/h12-14H,3-11H2,1-2H3,(H,16,18)/t13-,14+/m1/s1. The minimum atomic E-state index is 0.228. The molecule has 0 aliphatic carbocycles. The van der Waals surface area contributed by atoms with Gasteiger partial charge in [-0.25, -0.2) is 0 Å². The maximum absolute atomic E-state index is 11.4. The van der Waals surface area contributed by atoms with Crippen LogP contribution in [-0.4, -0.2) is 49.7 Å². The van der Waals surface area contributed by atoms with Gasteiger partial charge in [0.1, 0.15) is 0 Å². The highest BCUT2D eigenvalue weighted by Gasteiger charge is 2.34. The highest BCUT2D eigenvalue weighted by molar-refractivity contribution is 5.78. The molecule has 0 unspecified atom stereocenters. The summed E-state index contributed by atoms with van der Waals surface area (Å²) in [5.74, 6) is 1.35. The largest absolute Gasteiger partial charge is 0.380 e. The van der Waals surface area contributed by atoms with Crippen molar-refractivity contribution < 1.29 is 9.53 Å². The lowest BCUT2D eigenvalue weighted by molar-refractivity contribution is -0.119. The van der Waals surface area contributed by atoms with E-state index in [9.17, 15) is 4.79 Å². The van der Waals surface area contributed by atoms with Gasteiger partial charge in [0.05, 0.1) is 6.61 Å². The van der Waals surface area contributed by atoms with Gasteiger partial charge in [-0.2, -0.15) is 0 Å². The van der Waals surface area contributed by atoms with Crippen molar-refractivity contribution in [2.24, 2.45) is 11.8 Å². The number of carbonyl (C=O) groups is 1. The molecule has 2 aliphatic heterocycles. The van der Waals surface area contributed by atoms with Crippen molar-refractivity contribution in [1.82, 2.24) is 10.2 Å². The van der Waals surface area contributed by atoms with Crippen molar-refractivity contribution in [3.8, 4) is 0 Å². The monoisotopic (exact) mass is 268 g/mol. The van der Waals surface area contributed by atoms with E-state index < -0.39 is 0 Å². The van der Waals surface area contributed by atoms with Crippen LogP contribution in [-0.2, 0) is 9.53 Å². The van der Waals surface area contributed by atoms with Gasteiger partial charge in [0.2, 0.25) is 5.91 Å². The summed E-state index contributed by atoms with van der Waals surface area (Å²) in [5, 5.41) is 2.97. The molecule has 19 heavy (non-hydrogen) atoms. The summed E-state index contributed by atoms with van der Waals surface area (Å²) in [6.45, 7) is 9.08. The predicted octanol–water partition coefficient (Wildman–Crippen LogP) is 1.65. The molecule has 0 saturated carbocycles. The number of rotatable bonds is 6. The van der Waals surface area contributed by atoms with Crippen LogP contribution in [0.5, 0.6) is 0 Å². The summed E-state index contributed by atoms with van der Waals surface area (Å²) in [5.41, 5.74) is 0.